The Morgan fingerprint density at radius 1 is 0.865 bits per heavy atom. The molecule has 2 aliphatic rings. The van der Waals surface area contributed by atoms with E-state index >= 15 is 0 Å². The summed E-state index contributed by atoms with van der Waals surface area (Å²) in [6.45, 7) is 1.55. The predicted molar refractivity (Wildman–Crippen MR) is 144 cm³/mol. The van der Waals surface area contributed by atoms with Crippen LogP contribution in [-0.4, -0.2) is 36.9 Å². The van der Waals surface area contributed by atoms with Crippen molar-refractivity contribution in [3.05, 3.63) is 112 Å². The third-order valence-electron chi connectivity index (χ3n) is 7.35. The smallest absolute Gasteiger partial charge is 0.275 e. The van der Waals surface area contributed by atoms with Crippen LogP contribution in [0.15, 0.2) is 89.7 Å². The summed E-state index contributed by atoms with van der Waals surface area (Å²) < 4.78 is 29.6. The van der Waals surface area contributed by atoms with Gasteiger partial charge in [-0.3, -0.25) is 14.3 Å². The number of hydrogen-bond acceptors (Lipinski definition) is 4. The largest absolute Gasteiger partial charge is 0.338 e. The lowest BCUT2D eigenvalue weighted by atomic mass is 9.83. The number of carbonyl (C=O) groups is 1. The molecule has 0 radical (unpaired) electrons. The zero-order valence-electron chi connectivity index (χ0n) is 20.2. The lowest BCUT2D eigenvalue weighted by molar-refractivity contribution is 0.0595. The van der Waals surface area contributed by atoms with Gasteiger partial charge in [0.25, 0.3) is 11.5 Å². The second-order valence-electron chi connectivity index (χ2n) is 10.0. The molecule has 6 rings (SSSR count). The molecule has 2 bridgehead atoms. The van der Waals surface area contributed by atoms with Gasteiger partial charge in [-0.25, -0.2) is 8.42 Å². The maximum atomic E-state index is 13.4. The Balaban J connectivity index is 1.22. The number of amides is 1. The highest BCUT2D eigenvalue weighted by Crippen LogP contribution is 2.36. The summed E-state index contributed by atoms with van der Waals surface area (Å²) in [5, 5.41) is 2.13. The fraction of sp³-hybridized carbons (Fsp3) is 0.241. The summed E-state index contributed by atoms with van der Waals surface area (Å²) in [5.74, 6) is -0.0442. The van der Waals surface area contributed by atoms with Gasteiger partial charge in [-0.05, 0) is 52.9 Å². The predicted octanol–water partition coefficient (Wildman–Crippen LogP) is 4.20. The number of pyridine rings is 1. The van der Waals surface area contributed by atoms with E-state index in [1.165, 1.54) is 0 Å². The normalized spacial score (nSPS) is 18.9. The maximum absolute atomic E-state index is 13.4. The van der Waals surface area contributed by atoms with E-state index in [0.717, 1.165) is 22.9 Å². The molecule has 1 fully saturated rings. The molecule has 0 saturated carbocycles. The fourth-order valence-corrected chi connectivity index (χ4v) is 6.89. The SMILES string of the molecule is O=C(c1ccc2ccccc2c1)N1CC2CC(C1)c1ccc(NS(=O)(=O)Cc3ccccc3)c(=O)n1C2. The second-order valence-corrected chi connectivity index (χ2v) is 11.7. The summed E-state index contributed by atoms with van der Waals surface area (Å²) in [6.07, 6.45) is 0.903. The third-order valence-corrected chi connectivity index (χ3v) is 8.60. The van der Waals surface area contributed by atoms with Crippen LogP contribution in [0.4, 0.5) is 5.69 Å². The van der Waals surface area contributed by atoms with Crippen molar-refractivity contribution >= 4 is 32.4 Å². The number of sulfonamides is 1. The number of benzene rings is 3. The monoisotopic (exact) mass is 513 g/mol. The molecule has 2 aliphatic heterocycles. The van der Waals surface area contributed by atoms with Gasteiger partial charge in [-0.1, -0.05) is 60.7 Å². The zero-order valence-corrected chi connectivity index (χ0v) is 21.0. The van der Waals surface area contributed by atoms with Crippen molar-refractivity contribution in [2.24, 2.45) is 5.92 Å². The first-order valence-electron chi connectivity index (χ1n) is 12.4. The van der Waals surface area contributed by atoms with Gasteiger partial charge < -0.3 is 9.47 Å². The van der Waals surface area contributed by atoms with Crippen LogP contribution in [0, 0.1) is 5.92 Å². The minimum atomic E-state index is -3.74. The first-order chi connectivity index (χ1) is 17.9. The van der Waals surface area contributed by atoms with E-state index in [1.807, 2.05) is 59.5 Å². The highest BCUT2D eigenvalue weighted by Gasteiger charge is 2.37. The summed E-state index contributed by atoms with van der Waals surface area (Å²) in [5.41, 5.74) is 1.89. The molecule has 7 nitrogen and oxygen atoms in total. The number of aromatic nitrogens is 1. The van der Waals surface area contributed by atoms with E-state index < -0.39 is 10.0 Å². The number of hydrogen-bond donors (Lipinski definition) is 1. The van der Waals surface area contributed by atoms with Crippen molar-refractivity contribution < 1.29 is 13.2 Å². The molecule has 0 spiro atoms. The molecule has 37 heavy (non-hydrogen) atoms. The number of rotatable bonds is 5. The van der Waals surface area contributed by atoms with Crippen LogP contribution < -0.4 is 10.3 Å². The van der Waals surface area contributed by atoms with Crippen LogP contribution in [0.1, 0.15) is 34.0 Å². The number of nitrogens with zero attached hydrogens (tertiary/aromatic N) is 2. The fourth-order valence-electron chi connectivity index (χ4n) is 5.69. The highest BCUT2D eigenvalue weighted by molar-refractivity contribution is 7.91. The standard InChI is InChI=1S/C29H27N3O4S/c33-28(24-11-10-22-8-4-5-9-23(22)15-24)31-16-21-14-25(18-31)27-13-12-26(29(34)32(27)17-21)30-37(35,36)19-20-6-2-1-3-7-20/h1-13,15,21,25,30H,14,16-19H2. The van der Waals surface area contributed by atoms with E-state index in [-0.39, 0.29) is 34.7 Å². The molecule has 8 heteroatoms. The zero-order chi connectivity index (χ0) is 25.6. The Kier molecular flexibility index (Phi) is 5.83. The Labute approximate surface area is 215 Å². The minimum absolute atomic E-state index is 0.00143. The molecule has 2 unspecified atom stereocenters. The molecule has 1 saturated heterocycles. The lowest BCUT2D eigenvalue weighted by Crippen LogP contribution is -2.49. The van der Waals surface area contributed by atoms with Crippen molar-refractivity contribution in [3.63, 3.8) is 0 Å². The van der Waals surface area contributed by atoms with Crippen molar-refractivity contribution in [3.8, 4) is 0 Å². The Hall–Kier alpha value is -3.91. The number of fused-ring (bicyclic) bond motifs is 5. The van der Waals surface area contributed by atoms with Crippen LogP contribution in [-0.2, 0) is 22.3 Å². The number of carbonyl (C=O) groups excluding carboxylic acids is 1. The number of likely N-dealkylation sites (tertiary alicyclic amines) is 1. The van der Waals surface area contributed by atoms with Crippen LogP contribution in [0.2, 0.25) is 0 Å². The van der Waals surface area contributed by atoms with Crippen molar-refractivity contribution in [1.29, 1.82) is 0 Å². The molecule has 2 atom stereocenters. The van der Waals surface area contributed by atoms with Crippen LogP contribution in [0.5, 0.6) is 0 Å². The lowest BCUT2D eigenvalue weighted by Gasteiger charge is -2.43. The molecule has 3 aromatic carbocycles. The van der Waals surface area contributed by atoms with Gasteiger partial charge in [0, 0.05) is 36.8 Å². The summed E-state index contributed by atoms with van der Waals surface area (Å²) in [4.78, 5) is 28.6. The first kappa shape index (κ1) is 23.5. The molecule has 188 valence electrons. The quantitative estimate of drug-likeness (QED) is 0.433. The number of anilines is 1. The van der Waals surface area contributed by atoms with Gasteiger partial charge in [0.15, 0.2) is 0 Å². The van der Waals surface area contributed by atoms with Crippen molar-refractivity contribution in [2.45, 2.75) is 24.6 Å². The molecule has 0 aliphatic carbocycles. The van der Waals surface area contributed by atoms with E-state index in [1.54, 1.807) is 34.9 Å². The van der Waals surface area contributed by atoms with Gasteiger partial charge in [-0.15, -0.1) is 0 Å². The van der Waals surface area contributed by atoms with Crippen LogP contribution in [0.25, 0.3) is 10.8 Å². The molecular weight excluding hydrogens is 486 g/mol. The second kappa shape index (κ2) is 9.19. The average Bonchev–Trinajstić information content (AvgIpc) is 2.90. The minimum Gasteiger partial charge on any atom is -0.338 e. The molecule has 3 heterocycles. The third kappa shape index (κ3) is 4.64. The van der Waals surface area contributed by atoms with E-state index in [2.05, 4.69) is 4.72 Å². The Morgan fingerprint density at radius 3 is 2.43 bits per heavy atom. The van der Waals surface area contributed by atoms with Gasteiger partial charge in [0.1, 0.15) is 5.69 Å². The molecule has 1 aromatic heterocycles. The van der Waals surface area contributed by atoms with Crippen molar-refractivity contribution in [1.82, 2.24) is 9.47 Å². The van der Waals surface area contributed by atoms with Crippen LogP contribution in [0.3, 0.4) is 0 Å². The van der Waals surface area contributed by atoms with Crippen molar-refractivity contribution in [2.75, 3.05) is 17.8 Å². The molecule has 1 amide bonds. The van der Waals surface area contributed by atoms with E-state index in [4.69, 9.17) is 0 Å². The Morgan fingerprint density at radius 2 is 1.62 bits per heavy atom. The molecule has 4 aromatic rings. The molecular formula is C29H27N3O4S. The summed E-state index contributed by atoms with van der Waals surface area (Å²) in [7, 11) is -3.74. The maximum Gasteiger partial charge on any atom is 0.275 e. The number of nitrogens with one attached hydrogen (secondary N) is 1. The first-order valence-corrected chi connectivity index (χ1v) is 14.1. The van der Waals surface area contributed by atoms with Gasteiger partial charge in [-0.2, -0.15) is 0 Å². The topological polar surface area (TPSA) is 88.5 Å². The van der Waals surface area contributed by atoms with Gasteiger partial charge >= 0.3 is 0 Å². The summed E-state index contributed by atoms with van der Waals surface area (Å²) in [6, 6.07) is 26.0. The van der Waals surface area contributed by atoms with E-state index in [0.29, 0.717) is 30.8 Å². The van der Waals surface area contributed by atoms with Crippen LogP contribution >= 0.6 is 0 Å². The molecule has 1 N–H and O–H groups in total. The number of piperidine rings is 1. The summed E-state index contributed by atoms with van der Waals surface area (Å²) >= 11 is 0. The van der Waals surface area contributed by atoms with Gasteiger partial charge in [0.2, 0.25) is 10.0 Å². The highest BCUT2D eigenvalue weighted by atomic mass is 32.2. The average molecular weight is 514 g/mol. The van der Waals surface area contributed by atoms with E-state index in [9.17, 15) is 18.0 Å². The Bertz CT molecular complexity index is 1660. The van der Waals surface area contributed by atoms with Gasteiger partial charge in [0.05, 0.1) is 5.75 Å².